The Morgan fingerprint density at radius 3 is 2.94 bits per heavy atom. The fourth-order valence-electron chi connectivity index (χ4n) is 1.60. The highest BCUT2D eigenvalue weighted by molar-refractivity contribution is 5.36. The van der Waals surface area contributed by atoms with E-state index < -0.39 is 0 Å². The molecule has 1 aromatic rings. The van der Waals surface area contributed by atoms with Gasteiger partial charge in [0.2, 0.25) is 0 Å². The number of aromatic nitrogens is 2. The van der Waals surface area contributed by atoms with Gasteiger partial charge in [-0.25, -0.2) is 0 Å². The van der Waals surface area contributed by atoms with Crippen molar-refractivity contribution in [1.82, 2.24) is 9.78 Å². The standard InChI is InChI=1S/C11H22N4O/c1-9-7-11(15(2)14-9)13-8-10(12)5-4-6-16-3/h7,10,13H,4-6,8,12H2,1-3H3. The Kier molecular flexibility index (Phi) is 5.28. The molecule has 5 heteroatoms. The Labute approximate surface area is 97.0 Å². The van der Waals surface area contributed by atoms with Gasteiger partial charge in [-0.1, -0.05) is 0 Å². The van der Waals surface area contributed by atoms with Crippen LogP contribution in [0.15, 0.2) is 6.07 Å². The van der Waals surface area contributed by atoms with Crippen LogP contribution in [0.5, 0.6) is 0 Å². The second-order valence-corrected chi connectivity index (χ2v) is 4.07. The maximum Gasteiger partial charge on any atom is 0.124 e. The molecule has 1 aromatic heterocycles. The molecule has 0 amide bonds. The van der Waals surface area contributed by atoms with Crippen molar-refractivity contribution in [3.8, 4) is 0 Å². The second-order valence-electron chi connectivity index (χ2n) is 4.07. The number of rotatable bonds is 7. The van der Waals surface area contributed by atoms with E-state index in [0.29, 0.717) is 0 Å². The minimum atomic E-state index is 0.158. The van der Waals surface area contributed by atoms with Gasteiger partial charge in [-0.05, 0) is 19.8 Å². The summed E-state index contributed by atoms with van der Waals surface area (Å²) >= 11 is 0. The van der Waals surface area contributed by atoms with Crippen molar-refractivity contribution in [1.29, 1.82) is 0 Å². The lowest BCUT2D eigenvalue weighted by Gasteiger charge is -2.13. The van der Waals surface area contributed by atoms with Gasteiger partial charge in [0, 0.05) is 39.4 Å². The second kappa shape index (κ2) is 6.50. The van der Waals surface area contributed by atoms with Crippen LogP contribution >= 0.6 is 0 Å². The molecule has 0 aliphatic heterocycles. The van der Waals surface area contributed by atoms with Crippen molar-refractivity contribution < 1.29 is 4.74 Å². The molecule has 1 rings (SSSR count). The third-order valence-electron chi connectivity index (χ3n) is 2.47. The molecule has 5 nitrogen and oxygen atoms in total. The van der Waals surface area contributed by atoms with Gasteiger partial charge in [0.15, 0.2) is 0 Å². The molecule has 92 valence electrons. The van der Waals surface area contributed by atoms with Gasteiger partial charge >= 0.3 is 0 Å². The summed E-state index contributed by atoms with van der Waals surface area (Å²) in [6.07, 6.45) is 1.97. The molecule has 3 N–H and O–H groups in total. The van der Waals surface area contributed by atoms with Crippen LogP contribution in [0, 0.1) is 6.92 Å². The molecule has 0 radical (unpaired) electrons. The van der Waals surface area contributed by atoms with Crippen LogP contribution in [0.2, 0.25) is 0 Å². The summed E-state index contributed by atoms with van der Waals surface area (Å²) in [5, 5.41) is 7.55. The van der Waals surface area contributed by atoms with Gasteiger partial charge in [0.1, 0.15) is 5.82 Å². The zero-order chi connectivity index (χ0) is 12.0. The maximum atomic E-state index is 5.97. The van der Waals surface area contributed by atoms with E-state index in [1.165, 1.54) is 0 Å². The fraction of sp³-hybridized carbons (Fsp3) is 0.727. The average molecular weight is 226 g/mol. The SMILES string of the molecule is COCCCC(N)CNc1cc(C)nn1C. The Morgan fingerprint density at radius 2 is 2.38 bits per heavy atom. The minimum Gasteiger partial charge on any atom is -0.385 e. The number of ether oxygens (including phenoxy) is 1. The minimum absolute atomic E-state index is 0.158. The summed E-state index contributed by atoms with van der Waals surface area (Å²) in [7, 11) is 3.63. The van der Waals surface area contributed by atoms with E-state index in [0.717, 1.165) is 37.5 Å². The highest BCUT2D eigenvalue weighted by Gasteiger charge is 2.05. The van der Waals surface area contributed by atoms with Crippen LogP contribution in [0.3, 0.4) is 0 Å². The van der Waals surface area contributed by atoms with Crippen molar-refractivity contribution in [3.63, 3.8) is 0 Å². The summed E-state index contributed by atoms with van der Waals surface area (Å²) in [6, 6.07) is 2.17. The first-order valence-electron chi connectivity index (χ1n) is 5.62. The summed E-state index contributed by atoms with van der Waals surface area (Å²) in [6.45, 7) is 3.52. The van der Waals surface area contributed by atoms with E-state index in [1.54, 1.807) is 7.11 Å². The topological polar surface area (TPSA) is 65.1 Å². The first-order chi connectivity index (χ1) is 7.63. The molecule has 1 heterocycles. The fourth-order valence-corrected chi connectivity index (χ4v) is 1.60. The van der Waals surface area contributed by atoms with Crippen LogP contribution in [0.25, 0.3) is 0 Å². The molecule has 1 atom stereocenters. The molecule has 0 spiro atoms. The van der Waals surface area contributed by atoms with Crippen molar-refractivity contribution in [2.45, 2.75) is 25.8 Å². The lowest BCUT2D eigenvalue weighted by atomic mass is 10.2. The molecule has 0 saturated carbocycles. The van der Waals surface area contributed by atoms with Crippen LogP contribution in [-0.2, 0) is 11.8 Å². The van der Waals surface area contributed by atoms with Crippen LogP contribution < -0.4 is 11.1 Å². The van der Waals surface area contributed by atoms with E-state index >= 15 is 0 Å². The van der Waals surface area contributed by atoms with E-state index in [4.69, 9.17) is 10.5 Å². The van der Waals surface area contributed by atoms with Gasteiger partial charge in [0.05, 0.1) is 5.69 Å². The molecule has 0 aliphatic rings. The van der Waals surface area contributed by atoms with Crippen molar-refractivity contribution in [2.75, 3.05) is 25.6 Å². The van der Waals surface area contributed by atoms with E-state index in [1.807, 2.05) is 24.7 Å². The number of hydrogen-bond acceptors (Lipinski definition) is 4. The molecular formula is C11H22N4O. The molecule has 16 heavy (non-hydrogen) atoms. The third-order valence-corrected chi connectivity index (χ3v) is 2.47. The number of methoxy groups -OCH3 is 1. The Balaban J connectivity index is 2.26. The summed E-state index contributed by atoms with van der Waals surface area (Å²) < 4.78 is 6.82. The quantitative estimate of drug-likeness (QED) is 0.678. The number of nitrogens with two attached hydrogens (primary N) is 1. The van der Waals surface area contributed by atoms with Gasteiger partial charge in [-0.15, -0.1) is 0 Å². The molecular weight excluding hydrogens is 204 g/mol. The highest BCUT2D eigenvalue weighted by atomic mass is 16.5. The summed E-state index contributed by atoms with van der Waals surface area (Å²) in [5.41, 5.74) is 6.98. The van der Waals surface area contributed by atoms with E-state index in [2.05, 4.69) is 10.4 Å². The van der Waals surface area contributed by atoms with E-state index in [-0.39, 0.29) is 6.04 Å². The number of nitrogens with zero attached hydrogens (tertiary/aromatic N) is 2. The highest BCUT2D eigenvalue weighted by Crippen LogP contribution is 2.08. The number of anilines is 1. The predicted molar refractivity (Wildman–Crippen MR) is 65.5 cm³/mol. The summed E-state index contributed by atoms with van der Waals surface area (Å²) in [4.78, 5) is 0. The predicted octanol–water partition coefficient (Wildman–Crippen LogP) is 0.894. The average Bonchev–Trinajstić information content (AvgIpc) is 2.55. The van der Waals surface area contributed by atoms with Gasteiger partial charge in [-0.2, -0.15) is 5.10 Å². The molecule has 0 fully saturated rings. The normalized spacial score (nSPS) is 12.8. The first kappa shape index (κ1) is 13.0. The lowest BCUT2D eigenvalue weighted by molar-refractivity contribution is 0.191. The number of aryl methyl sites for hydroxylation is 2. The van der Waals surface area contributed by atoms with Crippen LogP contribution in [-0.4, -0.2) is 36.1 Å². The Hall–Kier alpha value is -1.07. The number of hydrogen-bond donors (Lipinski definition) is 2. The molecule has 0 aromatic carbocycles. The molecule has 0 aliphatic carbocycles. The zero-order valence-electron chi connectivity index (χ0n) is 10.4. The summed E-state index contributed by atoms with van der Waals surface area (Å²) in [5.74, 6) is 1.01. The third kappa shape index (κ3) is 4.20. The molecule has 0 bridgehead atoms. The van der Waals surface area contributed by atoms with Crippen LogP contribution in [0.1, 0.15) is 18.5 Å². The van der Waals surface area contributed by atoms with Gasteiger partial charge in [0.25, 0.3) is 0 Å². The maximum absolute atomic E-state index is 5.97. The van der Waals surface area contributed by atoms with Gasteiger partial charge < -0.3 is 15.8 Å². The van der Waals surface area contributed by atoms with Gasteiger partial charge in [-0.3, -0.25) is 4.68 Å². The first-order valence-corrected chi connectivity index (χ1v) is 5.62. The van der Waals surface area contributed by atoms with Crippen molar-refractivity contribution >= 4 is 5.82 Å². The van der Waals surface area contributed by atoms with Crippen molar-refractivity contribution in [2.24, 2.45) is 12.8 Å². The Bertz CT molecular complexity index is 311. The lowest BCUT2D eigenvalue weighted by Crippen LogP contribution is -2.29. The largest absolute Gasteiger partial charge is 0.385 e. The van der Waals surface area contributed by atoms with E-state index in [9.17, 15) is 0 Å². The zero-order valence-corrected chi connectivity index (χ0v) is 10.4. The molecule has 1 unspecified atom stereocenters. The number of nitrogens with one attached hydrogen (secondary N) is 1. The Morgan fingerprint density at radius 1 is 1.62 bits per heavy atom. The smallest absolute Gasteiger partial charge is 0.124 e. The monoisotopic (exact) mass is 226 g/mol. The molecule has 0 saturated heterocycles. The van der Waals surface area contributed by atoms with Crippen molar-refractivity contribution in [3.05, 3.63) is 11.8 Å². The van der Waals surface area contributed by atoms with Crippen LogP contribution in [0.4, 0.5) is 5.82 Å².